The van der Waals surface area contributed by atoms with E-state index < -0.39 is 5.91 Å². The van der Waals surface area contributed by atoms with Crippen molar-refractivity contribution in [2.24, 2.45) is 10.7 Å². The lowest BCUT2D eigenvalue weighted by atomic mass is 10.1. The molecule has 0 aliphatic carbocycles. The summed E-state index contributed by atoms with van der Waals surface area (Å²) in [4.78, 5) is 19.8. The molecule has 1 aliphatic heterocycles. The van der Waals surface area contributed by atoms with Crippen LogP contribution in [0.4, 0.5) is 0 Å². The largest absolute Gasteiger partial charge is 0.366 e. The molecule has 1 aliphatic rings. The van der Waals surface area contributed by atoms with Crippen LogP contribution in [0.15, 0.2) is 46.8 Å². The number of guanidine groups is 1. The minimum Gasteiger partial charge on any atom is -0.366 e. The summed E-state index contributed by atoms with van der Waals surface area (Å²) in [5.74, 6) is 0.397. The van der Waals surface area contributed by atoms with Gasteiger partial charge in [0.2, 0.25) is 5.91 Å². The van der Waals surface area contributed by atoms with Crippen LogP contribution in [0.3, 0.4) is 0 Å². The van der Waals surface area contributed by atoms with Crippen LogP contribution in [0.2, 0.25) is 0 Å². The van der Waals surface area contributed by atoms with Crippen molar-refractivity contribution in [3.8, 4) is 0 Å². The fourth-order valence-corrected chi connectivity index (χ4v) is 4.28. The van der Waals surface area contributed by atoms with Gasteiger partial charge in [0.15, 0.2) is 5.96 Å². The van der Waals surface area contributed by atoms with Crippen LogP contribution >= 0.6 is 11.3 Å². The molecular formula is C21H29N5OS. The molecule has 1 amide bonds. The summed E-state index contributed by atoms with van der Waals surface area (Å²) >= 11 is 1.82. The molecule has 150 valence electrons. The number of hydrogen-bond acceptors (Lipinski definition) is 4. The molecule has 28 heavy (non-hydrogen) atoms. The Morgan fingerprint density at radius 1 is 1.21 bits per heavy atom. The number of nitrogens with one attached hydrogen (secondary N) is 2. The lowest BCUT2D eigenvalue weighted by Crippen LogP contribution is -2.42. The molecule has 1 unspecified atom stereocenters. The summed E-state index contributed by atoms with van der Waals surface area (Å²) in [5, 5.41) is 8.99. The molecule has 1 fully saturated rings. The lowest BCUT2D eigenvalue weighted by molar-refractivity contribution is 0.100. The average molecular weight is 400 g/mol. The molecule has 1 saturated heterocycles. The SMILES string of the molecule is CCNC(=NCc1ccc(C(N)=O)cc1)NCC(c1cccs1)N1CCCC1. The van der Waals surface area contributed by atoms with E-state index in [2.05, 4.69) is 40.0 Å². The highest BCUT2D eigenvalue weighted by Crippen LogP contribution is 2.27. The first-order valence-electron chi connectivity index (χ1n) is 9.85. The Hall–Kier alpha value is -2.38. The van der Waals surface area contributed by atoms with Gasteiger partial charge in [-0.3, -0.25) is 9.69 Å². The smallest absolute Gasteiger partial charge is 0.248 e. The highest BCUT2D eigenvalue weighted by atomic mass is 32.1. The number of likely N-dealkylation sites (tertiary alicyclic amines) is 1. The zero-order valence-electron chi connectivity index (χ0n) is 16.4. The average Bonchev–Trinajstić information content (AvgIpc) is 3.41. The number of amides is 1. The molecule has 0 bridgehead atoms. The second-order valence-electron chi connectivity index (χ2n) is 6.91. The van der Waals surface area contributed by atoms with Gasteiger partial charge in [-0.1, -0.05) is 18.2 Å². The van der Waals surface area contributed by atoms with E-state index in [1.165, 1.54) is 17.7 Å². The van der Waals surface area contributed by atoms with Crippen LogP contribution in [0.5, 0.6) is 0 Å². The molecule has 0 spiro atoms. The molecule has 3 rings (SSSR count). The Balaban J connectivity index is 1.63. The van der Waals surface area contributed by atoms with E-state index in [1.54, 1.807) is 12.1 Å². The number of nitrogens with zero attached hydrogens (tertiary/aromatic N) is 2. The van der Waals surface area contributed by atoms with Gasteiger partial charge in [-0.15, -0.1) is 11.3 Å². The molecule has 7 heteroatoms. The predicted octanol–water partition coefficient (Wildman–Crippen LogP) is 2.74. The molecule has 2 heterocycles. The fraction of sp³-hybridized carbons (Fsp3) is 0.429. The van der Waals surface area contributed by atoms with Gasteiger partial charge < -0.3 is 16.4 Å². The van der Waals surface area contributed by atoms with Crippen LogP contribution in [-0.4, -0.2) is 42.9 Å². The summed E-state index contributed by atoms with van der Waals surface area (Å²) in [6.07, 6.45) is 2.55. The quantitative estimate of drug-likeness (QED) is 0.471. The van der Waals surface area contributed by atoms with Crippen LogP contribution in [0.25, 0.3) is 0 Å². The summed E-state index contributed by atoms with van der Waals surface area (Å²) in [5.41, 5.74) is 6.85. The number of carbonyl (C=O) groups is 1. The predicted molar refractivity (Wildman–Crippen MR) is 116 cm³/mol. The number of benzene rings is 1. The van der Waals surface area contributed by atoms with Crippen molar-refractivity contribution in [1.82, 2.24) is 15.5 Å². The Bertz CT molecular complexity index is 767. The number of hydrogen-bond donors (Lipinski definition) is 3. The van der Waals surface area contributed by atoms with Crippen molar-refractivity contribution < 1.29 is 4.79 Å². The van der Waals surface area contributed by atoms with Gasteiger partial charge in [0, 0.05) is 23.5 Å². The molecule has 6 nitrogen and oxygen atoms in total. The van der Waals surface area contributed by atoms with Gasteiger partial charge in [-0.05, 0) is 62.0 Å². The van der Waals surface area contributed by atoms with Crippen LogP contribution in [0.1, 0.15) is 46.6 Å². The summed E-state index contributed by atoms with van der Waals surface area (Å²) in [6.45, 7) is 6.55. The van der Waals surface area contributed by atoms with E-state index in [4.69, 9.17) is 10.7 Å². The maximum atomic E-state index is 11.2. The number of primary amides is 1. The zero-order valence-corrected chi connectivity index (χ0v) is 17.2. The van der Waals surface area contributed by atoms with Crippen molar-refractivity contribution >= 4 is 23.2 Å². The van der Waals surface area contributed by atoms with Crippen molar-refractivity contribution in [3.63, 3.8) is 0 Å². The minimum absolute atomic E-state index is 0.376. The molecule has 0 radical (unpaired) electrons. The first-order chi connectivity index (χ1) is 13.7. The maximum absolute atomic E-state index is 11.2. The van der Waals surface area contributed by atoms with E-state index in [9.17, 15) is 4.79 Å². The first-order valence-corrected chi connectivity index (χ1v) is 10.7. The number of rotatable bonds is 8. The first kappa shape index (κ1) is 20.4. The van der Waals surface area contributed by atoms with Crippen LogP contribution in [0, 0.1) is 0 Å². The summed E-state index contributed by atoms with van der Waals surface area (Å²) in [7, 11) is 0. The van der Waals surface area contributed by atoms with Crippen LogP contribution < -0.4 is 16.4 Å². The second-order valence-corrected chi connectivity index (χ2v) is 7.89. The second kappa shape index (κ2) is 10.2. The van der Waals surface area contributed by atoms with Gasteiger partial charge in [-0.25, -0.2) is 4.99 Å². The van der Waals surface area contributed by atoms with E-state index in [0.29, 0.717) is 18.2 Å². The Kier molecular flexibility index (Phi) is 7.45. The topological polar surface area (TPSA) is 82.7 Å². The Labute approximate surface area is 170 Å². The van der Waals surface area contributed by atoms with Gasteiger partial charge in [0.25, 0.3) is 0 Å². The summed E-state index contributed by atoms with van der Waals surface area (Å²) < 4.78 is 0. The summed E-state index contributed by atoms with van der Waals surface area (Å²) in [6, 6.07) is 12.0. The van der Waals surface area contributed by atoms with E-state index in [0.717, 1.165) is 37.7 Å². The number of aliphatic imine (C=N–C) groups is 1. The maximum Gasteiger partial charge on any atom is 0.248 e. The van der Waals surface area contributed by atoms with E-state index >= 15 is 0 Å². The molecule has 2 aromatic rings. The number of thiophene rings is 1. The fourth-order valence-electron chi connectivity index (χ4n) is 3.42. The molecule has 4 N–H and O–H groups in total. The minimum atomic E-state index is -0.411. The van der Waals surface area contributed by atoms with Crippen molar-refractivity contribution in [2.45, 2.75) is 32.4 Å². The standard InChI is InChI=1S/C21H29N5OS/c1-2-23-21(24-14-16-7-9-17(10-8-16)20(22)27)25-15-18(19-6-5-13-28-19)26-11-3-4-12-26/h5-10,13,18H,2-4,11-12,14-15H2,1H3,(H2,22,27)(H2,23,24,25). The Morgan fingerprint density at radius 2 is 1.96 bits per heavy atom. The van der Waals surface area contributed by atoms with Crippen molar-refractivity contribution in [1.29, 1.82) is 0 Å². The number of carbonyl (C=O) groups excluding carboxylic acids is 1. The van der Waals surface area contributed by atoms with Gasteiger partial charge in [0.1, 0.15) is 0 Å². The lowest BCUT2D eigenvalue weighted by Gasteiger charge is -2.27. The van der Waals surface area contributed by atoms with Gasteiger partial charge in [-0.2, -0.15) is 0 Å². The third kappa shape index (κ3) is 5.56. The van der Waals surface area contributed by atoms with Crippen molar-refractivity contribution in [3.05, 3.63) is 57.8 Å². The third-order valence-electron chi connectivity index (χ3n) is 4.92. The normalized spacial score (nSPS) is 16.1. The molecule has 1 aromatic carbocycles. The highest BCUT2D eigenvalue weighted by Gasteiger charge is 2.24. The molecule has 0 saturated carbocycles. The Morgan fingerprint density at radius 3 is 2.57 bits per heavy atom. The van der Waals surface area contributed by atoms with Crippen LogP contribution in [-0.2, 0) is 6.54 Å². The molecular weight excluding hydrogens is 370 g/mol. The van der Waals surface area contributed by atoms with E-state index in [-0.39, 0.29) is 0 Å². The zero-order chi connectivity index (χ0) is 19.8. The van der Waals surface area contributed by atoms with Crippen molar-refractivity contribution in [2.75, 3.05) is 26.2 Å². The molecule has 1 atom stereocenters. The molecule has 1 aromatic heterocycles. The highest BCUT2D eigenvalue weighted by molar-refractivity contribution is 7.10. The monoisotopic (exact) mass is 399 g/mol. The van der Waals surface area contributed by atoms with Gasteiger partial charge >= 0.3 is 0 Å². The van der Waals surface area contributed by atoms with Gasteiger partial charge in [0.05, 0.1) is 12.6 Å². The van der Waals surface area contributed by atoms with E-state index in [1.807, 2.05) is 23.5 Å². The number of nitrogens with two attached hydrogens (primary N) is 1. The third-order valence-corrected chi connectivity index (χ3v) is 5.89.